The monoisotopic (exact) mass is 224 g/mol. The first-order valence-electron chi connectivity index (χ1n) is 5.81. The predicted octanol–water partition coefficient (Wildman–Crippen LogP) is 1.02. The molecule has 0 saturated heterocycles. The summed E-state index contributed by atoms with van der Waals surface area (Å²) in [5.74, 6) is 1.05. The minimum absolute atomic E-state index is 0.0198. The van der Waals surface area contributed by atoms with Crippen LogP contribution in [-0.4, -0.2) is 40.1 Å². The fourth-order valence-electron chi connectivity index (χ4n) is 1.92. The van der Waals surface area contributed by atoms with Crippen molar-refractivity contribution in [2.45, 2.75) is 38.3 Å². The number of rotatable bonds is 5. The molecule has 0 bridgehead atoms. The van der Waals surface area contributed by atoms with Gasteiger partial charge in [-0.15, -0.1) is 0 Å². The first-order valence-corrected chi connectivity index (χ1v) is 5.81. The first-order chi connectivity index (χ1) is 7.41. The highest BCUT2D eigenvalue weighted by Crippen LogP contribution is 2.21. The summed E-state index contributed by atoms with van der Waals surface area (Å²) in [4.78, 5) is 6.54. The van der Waals surface area contributed by atoms with Gasteiger partial charge in [-0.2, -0.15) is 0 Å². The first kappa shape index (κ1) is 13.2. The van der Waals surface area contributed by atoms with Crippen LogP contribution in [0.5, 0.6) is 0 Å². The lowest BCUT2D eigenvalue weighted by Gasteiger charge is -2.40. The Balaban J connectivity index is 2.78. The van der Waals surface area contributed by atoms with Gasteiger partial charge in [-0.25, -0.2) is 4.98 Å². The average Bonchev–Trinajstić information content (AvgIpc) is 2.62. The van der Waals surface area contributed by atoms with E-state index in [2.05, 4.69) is 37.8 Å². The van der Waals surface area contributed by atoms with E-state index >= 15 is 0 Å². The molecular formula is C12H24N4. The molecule has 0 aliphatic carbocycles. The summed E-state index contributed by atoms with van der Waals surface area (Å²) < 4.78 is 2.03. The number of nitrogens with zero attached hydrogens (tertiary/aromatic N) is 3. The zero-order valence-electron chi connectivity index (χ0n) is 11.1. The van der Waals surface area contributed by atoms with Crippen LogP contribution >= 0.6 is 0 Å². The molecule has 0 aliphatic rings. The van der Waals surface area contributed by atoms with Crippen LogP contribution in [-0.2, 0) is 13.5 Å². The van der Waals surface area contributed by atoms with Gasteiger partial charge in [-0.3, -0.25) is 0 Å². The fraction of sp³-hybridized carbons (Fsp3) is 0.750. The van der Waals surface area contributed by atoms with Crippen molar-refractivity contribution in [3.05, 3.63) is 18.2 Å². The largest absolute Gasteiger partial charge is 0.338 e. The maximum absolute atomic E-state index is 6.33. The summed E-state index contributed by atoms with van der Waals surface area (Å²) in [5, 5.41) is 0. The Morgan fingerprint density at radius 3 is 2.56 bits per heavy atom. The molecule has 0 aliphatic heterocycles. The second-order valence-electron chi connectivity index (χ2n) is 4.87. The molecule has 0 amide bonds. The van der Waals surface area contributed by atoms with E-state index in [4.69, 9.17) is 5.73 Å². The summed E-state index contributed by atoms with van der Waals surface area (Å²) in [6.45, 7) is 4.39. The van der Waals surface area contributed by atoms with Crippen molar-refractivity contribution >= 4 is 0 Å². The molecule has 0 spiro atoms. The Kier molecular flexibility index (Phi) is 4.10. The lowest BCUT2D eigenvalue weighted by molar-refractivity contribution is 0.130. The van der Waals surface area contributed by atoms with Gasteiger partial charge in [-0.05, 0) is 27.4 Å². The van der Waals surface area contributed by atoms with Crippen LogP contribution in [0, 0.1) is 0 Å². The number of aromatic nitrogens is 2. The van der Waals surface area contributed by atoms with E-state index in [1.807, 2.05) is 24.0 Å². The normalized spacial score (nSPS) is 17.4. The van der Waals surface area contributed by atoms with Gasteiger partial charge in [0, 0.05) is 37.4 Å². The van der Waals surface area contributed by atoms with Gasteiger partial charge in [0.05, 0.1) is 0 Å². The molecule has 16 heavy (non-hydrogen) atoms. The molecular weight excluding hydrogens is 200 g/mol. The van der Waals surface area contributed by atoms with Crippen LogP contribution in [0.4, 0.5) is 0 Å². The Morgan fingerprint density at radius 1 is 1.56 bits per heavy atom. The highest BCUT2D eigenvalue weighted by Gasteiger charge is 2.32. The summed E-state index contributed by atoms with van der Waals surface area (Å²) in [6.07, 6.45) is 5.62. The zero-order valence-corrected chi connectivity index (χ0v) is 11.1. The number of hydrogen-bond acceptors (Lipinski definition) is 3. The van der Waals surface area contributed by atoms with Gasteiger partial charge in [0.2, 0.25) is 0 Å². The minimum Gasteiger partial charge on any atom is -0.338 e. The molecule has 0 saturated carbocycles. The molecule has 1 aromatic rings. The minimum atomic E-state index is 0.0198. The van der Waals surface area contributed by atoms with Crippen molar-refractivity contribution in [2.24, 2.45) is 12.8 Å². The molecule has 4 nitrogen and oxygen atoms in total. The van der Waals surface area contributed by atoms with Gasteiger partial charge < -0.3 is 15.2 Å². The van der Waals surface area contributed by atoms with Gasteiger partial charge in [0.1, 0.15) is 5.82 Å². The molecule has 2 unspecified atom stereocenters. The van der Waals surface area contributed by atoms with Gasteiger partial charge in [0.25, 0.3) is 0 Å². The highest BCUT2D eigenvalue weighted by atomic mass is 15.2. The molecule has 4 heteroatoms. The standard InChI is InChI=1S/C12H24N4/c1-6-12(2,15(3)4)10(13)9-11-14-7-8-16(11)5/h7-8,10H,6,9,13H2,1-5H3. The van der Waals surface area contributed by atoms with E-state index < -0.39 is 0 Å². The van der Waals surface area contributed by atoms with Crippen molar-refractivity contribution in [2.75, 3.05) is 14.1 Å². The average molecular weight is 224 g/mol. The predicted molar refractivity (Wildman–Crippen MR) is 67.3 cm³/mol. The van der Waals surface area contributed by atoms with E-state index in [0.29, 0.717) is 0 Å². The maximum Gasteiger partial charge on any atom is 0.109 e. The summed E-state index contributed by atoms with van der Waals surface area (Å²) in [5.41, 5.74) is 6.35. The Hall–Kier alpha value is -0.870. The molecule has 1 aromatic heterocycles. The zero-order chi connectivity index (χ0) is 12.3. The Bertz CT molecular complexity index is 332. The van der Waals surface area contributed by atoms with Crippen molar-refractivity contribution < 1.29 is 0 Å². The third-order valence-corrected chi connectivity index (χ3v) is 3.86. The van der Waals surface area contributed by atoms with Crippen molar-refractivity contribution in [1.29, 1.82) is 0 Å². The van der Waals surface area contributed by atoms with Crippen LogP contribution in [0.25, 0.3) is 0 Å². The van der Waals surface area contributed by atoms with Crippen LogP contribution in [0.2, 0.25) is 0 Å². The molecule has 2 atom stereocenters. The van der Waals surface area contributed by atoms with Crippen LogP contribution in [0.3, 0.4) is 0 Å². The maximum atomic E-state index is 6.33. The third-order valence-electron chi connectivity index (χ3n) is 3.86. The molecule has 0 radical (unpaired) electrons. The Morgan fingerprint density at radius 2 is 2.19 bits per heavy atom. The van der Waals surface area contributed by atoms with Crippen LogP contribution in [0.15, 0.2) is 12.4 Å². The van der Waals surface area contributed by atoms with E-state index in [0.717, 1.165) is 18.7 Å². The smallest absolute Gasteiger partial charge is 0.109 e. The van der Waals surface area contributed by atoms with E-state index in [9.17, 15) is 0 Å². The van der Waals surface area contributed by atoms with Crippen molar-refractivity contribution in [3.63, 3.8) is 0 Å². The molecule has 92 valence electrons. The lowest BCUT2D eigenvalue weighted by atomic mass is 9.86. The van der Waals surface area contributed by atoms with Gasteiger partial charge >= 0.3 is 0 Å². The lowest BCUT2D eigenvalue weighted by Crippen LogP contribution is -2.56. The molecule has 0 aromatic carbocycles. The quantitative estimate of drug-likeness (QED) is 0.812. The van der Waals surface area contributed by atoms with Gasteiger partial charge in [0.15, 0.2) is 0 Å². The molecule has 0 fully saturated rings. The SMILES string of the molecule is CCC(C)(C(N)Cc1nccn1C)N(C)C. The number of imidazole rings is 1. The van der Waals surface area contributed by atoms with Crippen molar-refractivity contribution in [3.8, 4) is 0 Å². The second kappa shape index (κ2) is 4.97. The summed E-state index contributed by atoms with van der Waals surface area (Å²) >= 11 is 0. The summed E-state index contributed by atoms with van der Waals surface area (Å²) in [7, 11) is 6.18. The number of nitrogens with two attached hydrogens (primary N) is 1. The van der Waals surface area contributed by atoms with Crippen molar-refractivity contribution in [1.82, 2.24) is 14.5 Å². The van der Waals surface area contributed by atoms with E-state index in [-0.39, 0.29) is 11.6 Å². The third kappa shape index (κ3) is 2.44. The van der Waals surface area contributed by atoms with Gasteiger partial charge in [-0.1, -0.05) is 6.92 Å². The highest BCUT2D eigenvalue weighted by molar-refractivity contribution is 5.01. The molecule has 2 N–H and O–H groups in total. The topological polar surface area (TPSA) is 47.1 Å². The van der Waals surface area contributed by atoms with Crippen LogP contribution in [0.1, 0.15) is 26.1 Å². The molecule has 1 heterocycles. The number of likely N-dealkylation sites (N-methyl/N-ethyl adjacent to an activating group) is 1. The van der Waals surface area contributed by atoms with E-state index in [1.54, 1.807) is 0 Å². The number of aryl methyl sites for hydroxylation is 1. The molecule has 1 rings (SSSR count). The van der Waals surface area contributed by atoms with E-state index in [1.165, 1.54) is 0 Å². The Labute approximate surface area is 98.5 Å². The number of hydrogen-bond donors (Lipinski definition) is 1. The van der Waals surface area contributed by atoms with Crippen LogP contribution < -0.4 is 5.73 Å². The fourth-order valence-corrected chi connectivity index (χ4v) is 1.92. The second-order valence-corrected chi connectivity index (χ2v) is 4.87. The summed E-state index contributed by atoms with van der Waals surface area (Å²) in [6, 6.07) is 0.0913.